The zero-order chi connectivity index (χ0) is 40.3. The summed E-state index contributed by atoms with van der Waals surface area (Å²) in [5, 5.41) is 7.04. The van der Waals surface area contributed by atoms with Crippen molar-refractivity contribution in [3.63, 3.8) is 0 Å². The predicted octanol–water partition coefficient (Wildman–Crippen LogP) is 16.3. The Bertz CT molecular complexity index is 3580. The molecular formula is C58H38N2O. The van der Waals surface area contributed by atoms with Gasteiger partial charge in [0, 0.05) is 38.5 Å². The van der Waals surface area contributed by atoms with Crippen molar-refractivity contribution < 1.29 is 4.42 Å². The van der Waals surface area contributed by atoms with Crippen molar-refractivity contribution in [2.75, 3.05) is 4.90 Å². The molecule has 61 heavy (non-hydrogen) atoms. The van der Waals surface area contributed by atoms with Gasteiger partial charge in [-0.2, -0.15) is 0 Å². The molecular weight excluding hydrogens is 741 g/mol. The van der Waals surface area contributed by atoms with Crippen LogP contribution in [0.15, 0.2) is 235 Å². The van der Waals surface area contributed by atoms with E-state index in [1.165, 1.54) is 43.9 Å². The fourth-order valence-corrected chi connectivity index (χ4v) is 9.36. The van der Waals surface area contributed by atoms with E-state index in [0.29, 0.717) is 0 Å². The third-order valence-corrected chi connectivity index (χ3v) is 12.2. The third kappa shape index (κ3) is 5.82. The summed E-state index contributed by atoms with van der Waals surface area (Å²) >= 11 is 0. The van der Waals surface area contributed by atoms with Crippen molar-refractivity contribution in [1.82, 2.24) is 4.57 Å². The molecule has 0 saturated carbocycles. The van der Waals surface area contributed by atoms with Crippen LogP contribution in [0.25, 0.3) is 93.6 Å². The van der Waals surface area contributed by atoms with E-state index in [9.17, 15) is 0 Å². The molecule has 2 aromatic heterocycles. The number of benzene rings is 10. The van der Waals surface area contributed by atoms with Crippen LogP contribution in [0.2, 0.25) is 0 Å². The second kappa shape index (κ2) is 14.3. The summed E-state index contributed by atoms with van der Waals surface area (Å²) in [7, 11) is 0. The summed E-state index contributed by atoms with van der Waals surface area (Å²) in [6.45, 7) is 0. The third-order valence-electron chi connectivity index (χ3n) is 12.2. The Morgan fingerprint density at radius 3 is 1.84 bits per heavy atom. The van der Waals surface area contributed by atoms with Crippen LogP contribution in [0.3, 0.4) is 0 Å². The highest BCUT2D eigenvalue weighted by Crippen LogP contribution is 2.47. The first-order valence-corrected chi connectivity index (χ1v) is 20.8. The van der Waals surface area contributed by atoms with E-state index in [0.717, 1.165) is 66.8 Å². The lowest BCUT2D eigenvalue weighted by Crippen LogP contribution is -2.11. The van der Waals surface area contributed by atoms with Crippen LogP contribution in [0.1, 0.15) is 0 Å². The van der Waals surface area contributed by atoms with Crippen molar-refractivity contribution in [1.29, 1.82) is 0 Å². The van der Waals surface area contributed by atoms with E-state index >= 15 is 0 Å². The Hall–Kier alpha value is -8.14. The number of para-hydroxylation sites is 4. The summed E-state index contributed by atoms with van der Waals surface area (Å²) < 4.78 is 9.13. The van der Waals surface area contributed by atoms with Crippen LogP contribution >= 0.6 is 0 Å². The minimum Gasteiger partial charge on any atom is -0.454 e. The normalized spacial score (nSPS) is 11.6. The van der Waals surface area contributed by atoms with Crippen LogP contribution in [0, 0.1) is 0 Å². The maximum Gasteiger partial charge on any atom is 0.159 e. The number of aromatic nitrogens is 1. The molecule has 0 bridgehead atoms. The molecule has 12 rings (SSSR count). The number of furan rings is 1. The molecule has 0 aliphatic carbocycles. The number of rotatable bonds is 7. The van der Waals surface area contributed by atoms with Crippen molar-refractivity contribution >= 4 is 71.6 Å². The van der Waals surface area contributed by atoms with Crippen molar-refractivity contribution in [2.45, 2.75) is 0 Å². The van der Waals surface area contributed by atoms with Gasteiger partial charge < -0.3 is 13.9 Å². The number of nitrogens with zero attached hydrogens (tertiary/aromatic N) is 2. The minimum absolute atomic E-state index is 0.855. The van der Waals surface area contributed by atoms with Crippen LogP contribution in [-0.2, 0) is 0 Å². The van der Waals surface area contributed by atoms with E-state index in [-0.39, 0.29) is 0 Å². The van der Waals surface area contributed by atoms with Gasteiger partial charge in [0.1, 0.15) is 5.58 Å². The molecule has 0 unspecified atom stereocenters. The van der Waals surface area contributed by atoms with Gasteiger partial charge in [0.05, 0.1) is 22.4 Å². The van der Waals surface area contributed by atoms with Gasteiger partial charge >= 0.3 is 0 Å². The van der Waals surface area contributed by atoms with E-state index in [1.807, 2.05) is 6.07 Å². The topological polar surface area (TPSA) is 21.3 Å². The molecule has 0 aliphatic rings. The predicted molar refractivity (Wildman–Crippen MR) is 257 cm³/mol. The van der Waals surface area contributed by atoms with E-state index in [1.54, 1.807) is 0 Å². The molecule has 2 heterocycles. The van der Waals surface area contributed by atoms with Crippen molar-refractivity contribution in [3.8, 4) is 39.1 Å². The quantitative estimate of drug-likeness (QED) is 0.161. The zero-order valence-electron chi connectivity index (χ0n) is 33.2. The lowest BCUT2D eigenvalue weighted by Gasteiger charge is -2.28. The first kappa shape index (κ1) is 34.9. The summed E-state index contributed by atoms with van der Waals surface area (Å²) in [5.41, 5.74) is 15.4. The molecule has 0 atom stereocenters. The Morgan fingerprint density at radius 1 is 0.361 bits per heavy atom. The molecule has 0 saturated heterocycles. The Kier molecular flexibility index (Phi) is 8.17. The van der Waals surface area contributed by atoms with Gasteiger partial charge in [-0.3, -0.25) is 0 Å². The van der Waals surface area contributed by atoms with Crippen LogP contribution < -0.4 is 4.90 Å². The standard InChI is InChI=1S/C58H38N2O/c1-4-16-39(17-5-1)43-33-35-53(51(38-43)40-18-6-2-7-19-40)60(55-28-15-25-49-48-22-11-13-29-56(48)61-58(49)55)46-34-32-41-36-44(31-30-42(41)37-46)47-24-14-27-54-57(47)50-23-10-12-26-52(50)59(54)45-20-8-3-9-21-45/h1-38H. The van der Waals surface area contributed by atoms with E-state index in [2.05, 4.69) is 234 Å². The molecule has 0 spiro atoms. The van der Waals surface area contributed by atoms with Gasteiger partial charge in [-0.1, -0.05) is 164 Å². The first-order chi connectivity index (χ1) is 30.3. The molecule has 0 fully saturated rings. The molecule has 0 aliphatic heterocycles. The summed E-state index contributed by atoms with van der Waals surface area (Å²) in [4.78, 5) is 2.38. The first-order valence-electron chi connectivity index (χ1n) is 20.8. The number of anilines is 3. The molecule has 0 amide bonds. The molecule has 10 aromatic carbocycles. The van der Waals surface area contributed by atoms with E-state index in [4.69, 9.17) is 4.42 Å². The van der Waals surface area contributed by atoms with Crippen LogP contribution in [0.4, 0.5) is 17.1 Å². The average Bonchev–Trinajstić information content (AvgIpc) is 3.89. The van der Waals surface area contributed by atoms with E-state index < -0.39 is 0 Å². The molecule has 12 aromatic rings. The highest BCUT2D eigenvalue weighted by atomic mass is 16.3. The smallest absolute Gasteiger partial charge is 0.159 e. The highest BCUT2D eigenvalue weighted by molar-refractivity contribution is 6.16. The van der Waals surface area contributed by atoms with Crippen LogP contribution in [-0.4, -0.2) is 4.57 Å². The maximum atomic E-state index is 6.75. The Balaban J connectivity index is 1.05. The Labute approximate surface area is 353 Å². The fraction of sp³-hybridized carbons (Fsp3) is 0. The second-order valence-corrected chi connectivity index (χ2v) is 15.7. The van der Waals surface area contributed by atoms with Gasteiger partial charge in [-0.05, 0) is 105 Å². The number of hydrogen-bond acceptors (Lipinski definition) is 2. The molecule has 286 valence electrons. The van der Waals surface area contributed by atoms with Gasteiger partial charge in [-0.25, -0.2) is 0 Å². The molecule has 3 nitrogen and oxygen atoms in total. The average molecular weight is 779 g/mol. The second-order valence-electron chi connectivity index (χ2n) is 15.7. The number of fused-ring (bicyclic) bond motifs is 7. The van der Waals surface area contributed by atoms with Crippen molar-refractivity contribution in [3.05, 3.63) is 231 Å². The zero-order valence-corrected chi connectivity index (χ0v) is 33.2. The van der Waals surface area contributed by atoms with Crippen LogP contribution in [0.5, 0.6) is 0 Å². The van der Waals surface area contributed by atoms with Gasteiger partial charge in [-0.15, -0.1) is 0 Å². The summed E-state index contributed by atoms with van der Waals surface area (Å²) in [6.07, 6.45) is 0. The summed E-state index contributed by atoms with van der Waals surface area (Å²) in [6, 6.07) is 82.9. The molecule has 0 radical (unpaired) electrons. The van der Waals surface area contributed by atoms with Gasteiger partial charge in [0.15, 0.2) is 5.58 Å². The molecule has 0 N–H and O–H groups in total. The number of hydrogen-bond donors (Lipinski definition) is 0. The monoisotopic (exact) mass is 778 g/mol. The fourth-order valence-electron chi connectivity index (χ4n) is 9.36. The largest absolute Gasteiger partial charge is 0.454 e. The summed E-state index contributed by atoms with van der Waals surface area (Å²) in [5.74, 6) is 0. The van der Waals surface area contributed by atoms with Gasteiger partial charge in [0.2, 0.25) is 0 Å². The lowest BCUT2D eigenvalue weighted by atomic mass is 9.95. The van der Waals surface area contributed by atoms with Gasteiger partial charge in [0.25, 0.3) is 0 Å². The highest BCUT2D eigenvalue weighted by Gasteiger charge is 2.23. The lowest BCUT2D eigenvalue weighted by molar-refractivity contribution is 0.669. The SMILES string of the molecule is c1ccc(-c2ccc(N(c3ccc4cc(-c5cccc6c5c5ccccc5n6-c5ccccc5)ccc4c3)c3cccc4c3oc3ccccc34)c(-c3ccccc3)c2)cc1. The maximum absolute atomic E-state index is 6.75. The minimum atomic E-state index is 0.855. The molecule has 3 heteroatoms. The Morgan fingerprint density at radius 2 is 1.00 bits per heavy atom. The van der Waals surface area contributed by atoms with Crippen molar-refractivity contribution in [2.24, 2.45) is 0 Å².